The standard InChI is InChI=1S/C22H20ClF3N4O2/c1-32-15-9-7-14(8-10-15)16-11-17(22(24,25)26)30-20(28-16)18(23)19(29-30)21(31)27-12-13-5-3-2-4-6-13/h2-10,16-17,28H,11-12H2,1H3,(H,27,31)/t16-,17-/m0/s1. The highest BCUT2D eigenvalue weighted by molar-refractivity contribution is 6.36. The van der Waals surface area contributed by atoms with Crippen LogP contribution >= 0.6 is 11.6 Å². The van der Waals surface area contributed by atoms with E-state index < -0.39 is 24.2 Å². The number of anilines is 1. The van der Waals surface area contributed by atoms with Gasteiger partial charge in [-0.3, -0.25) is 4.79 Å². The van der Waals surface area contributed by atoms with Crippen LogP contribution in [0.1, 0.15) is 40.1 Å². The van der Waals surface area contributed by atoms with Crippen molar-refractivity contribution in [1.82, 2.24) is 15.1 Å². The molecule has 0 fully saturated rings. The van der Waals surface area contributed by atoms with Crippen molar-refractivity contribution in [2.45, 2.75) is 31.2 Å². The molecule has 0 aliphatic carbocycles. The fraction of sp³-hybridized carbons (Fsp3) is 0.273. The lowest BCUT2D eigenvalue weighted by Crippen LogP contribution is -2.35. The maximum Gasteiger partial charge on any atom is 0.410 e. The first kappa shape index (κ1) is 22.0. The maximum atomic E-state index is 13.9. The summed E-state index contributed by atoms with van der Waals surface area (Å²) in [5.41, 5.74) is 1.22. The van der Waals surface area contributed by atoms with Crippen LogP contribution in [0.25, 0.3) is 0 Å². The van der Waals surface area contributed by atoms with E-state index in [0.717, 1.165) is 10.2 Å². The summed E-state index contributed by atoms with van der Waals surface area (Å²) >= 11 is 6.34. The van der Waals surface area contributed by atoms with Crippen LogP contribution in [0.5, 0.6) is 5.75 Å². The van der Waals surface area contributed by atoms with Crippen molar-refractivity contribution in [2.75, 3.05) is 12.4 Å². The summed E-state index contributed by atoms with van der Waals surface area (Å²) in [6, 6.07) is 13.3. The first-order valence-corrected chi connectivity index (χ1v) is 10.2. The van der Waals surface area contributed by atoms with Crippen LogP contribution in [-0.2, 0) is 6.54 Å². The van der Waals surface area contributed by atoms with E-state index >= 15 is 0 Å². The topological polar surface area (TPSA) is 68.2 Å². The van der Waals surface area contributed by atoms with E-state index in [-0.39, 0.29) is 29.5 Å². The van der Waals surface area contributed by atoms with Crippen molar-refractivity contribution < 1.29 is 22.7 Å². The maximum absolute atomic E-state index is 13.9. The number of aromatic nitrogens is 2. The lowest BCUT2D eigenvalue weighted by Gasteiger charge is -2.33. The second-order valence-electron chi connectivity index (χ2n) is 7.39. The Morgan fingerprint density at radius 2 is 1.91 bits per heavy atom. The van der Waals surface area contributed by atoms with Gasteiger partial charge in [-0.15, -0.1) is 0 Å². The molecule has 0 bridgehead atoms. The Morgan fingerprint density at radius 3 is 2.53 bits per heavy atom. The van der Waals surface area contributed by atoms with Gasteiger partial charge in [0.05, 0.1) is 13.2 Å². The zero-order chi connectivity index (χ0) is 22.9. The lowest BCUT2D eigenvalue weighted by atomic mass is 9.97. The summed E-state index contributed by atoms with van der Waals surface area (Å²) in [5.74, 6) is -0.0900. The molecule has 4 rings (SSSR count). The van der Waals surface area contributed by atoms with Gasteiger partial charge in [0, 0.05) is 13.0 Å². The molecular formula is C22H20ClF3N4O2. The predicted octanol–water partition coefficient (Wildman–Crippen LogP) is 5.14. The summed E-state index contributed by atoms with van der Waals surface area (Å²) in [7, 11) is 1.51. The molecule has 1 amide bonds. The second-order valence-corrected chi connectivity index (χ2v) is 7.77. The highest BCUT2D eigenvalue weighted by atomic mass is 35.5. The SMILES string of the molecule is COc1ccc([C@@H]2C[C@@H](C(F)(F)F)n3nc(C(=O)NCc4ccccc4)c(Cl)c3N2)cc1. The minimum Gasteiger partial charge on any atom is -0.497 e. The second kappa shape index (κ2) is 8.74. The van der Waals surface area contributed by atoms with E-state index in [1.54, 1.807) is 24.3 Å². The first-order chi connectivity index (χ1) is 15.3. The van der Waals surface area contributed by atoms with Crippen molar-refractivity contribution in [2.24, 2.45) is 0 Å². The van der Waals surface area contributed by atoms with Gasteiger partial charge < -0.3 is 15.4 Å². The van der Waals surface area contributed by atoms with Gasteiger partial charge in [0.25, 0.3) is 5.91 Å². The molecule has 0 saturated carbocycles. The number of hydrogen-bond donors (Lipinski definition) is 2. The number of ether oxygens (including phenoxy) is 1. The van der Waals surface area contributed by atoms with Crippen LogP contribution in [0, 0.1) is 0 Å². The van der Waals surface area contributed by atoms with Gasteiger partial charge in [-0.25, -0.2) is 4.68 Å². The molecule has 32 heavy (non-hydrogen) atoms. The number of carbonyl (C=O) groups is 1. The molecule has 10 heteroatoms. The molecule has 0 radical (unpaired) electrons. The van der Waals surface area contributed by atoms with Gasteiger partial charge in [0.1, 0.15) is 16.6 Å². The van der Waals surface area contributed by atoms with Crippen LogP contribution in [0.15, 0.2) is 54.6 Å². The molecule has 2 heterocycles. The average molecular weight is 465 g/mol. The summed E-state index contributed by atoms with van der Waals surface area (Å²) in [6.45, 7) is 0.197. The zero-order valence-electron chi connectivity index (χ0n) is 17.0. The van der Waals surface area contributed by atoms with Gasteiger partial charge in [0.15, 0.2) is 11.7 Å². The molecule has 1 aromatic heterocycles. The van der Waals surface area contributed by atoms with Crippen LogP contribution in [0.4, 0.5) is 19.0 Å². The quantitative estimate of drug-likeness (QED) is 0.549. The number of rotatable bonds is 5. The number of nitrogens with one attached hydrogen (secondary N) is 2. The molecule has 2 N–H and O–H groups in total. The predicted molar refractivity (Wildman–Crippen MR) is 114 cm³/mol. The Hall–Kier alpha value is -3.20. The molecule has 1 aliphatic rings. The summed E-state index contributed by atoms with van der Waals surface area (Å²) < 4.78 is 47.5. The van der Waals surface area contributed by atoms with Crippen LogP contribution in [-0.4, -0.2) is 29.0 Å². The molecular weight excluding hydrogens is 445 g/mol. The van der Waals surface area contributed by atoms with Crippen molar-refractivity contribution in [3.63, 3.8) is 0 Å². The number of carbonyl (C=O) groups excluding carboxylic acids is 1. The number of benzene rings is 2. The van der Waals surface area contributed by atoms with Crippen LogP contribution < -0.4 is 15.4 Å². The van der Waals surface area contributed by atoms with Gasteiger partial charge >= 0.3 is 6.18 Å². The highest BCUT2D eigenvalue weighted by Gasteiger charge is 2.47. The molecule has 0 spiro atoms. The Balaban J connectivity index is 1.63. The fourth-order valence-corrected chi connectivity index (χ4v) is 3.92. The Kier molecular flexibility index (Phi) is 6.01. The number of methoxy groups -OCH3 is 1. The minimum absolute atomic E-state index is 0.0362. The third-order valence-electron chi connectivity index (χ3n) is 5.32. The first-order valence-electron chi connectivity index (χ1n) is 9.85. The van der Waals surface area contributed by atoms with Crippen molar-refractivity contribution in [3.8, 4) is 5.75 Å². The molecule has 0 saturated heterocycles. The number of amides is 1. The van der Waals surface area contributed by atoms with Gasteiger partial charge in [-0.05, 0) is 23.3 Å². The van der Waals surface area contributed by atoms with Gasteiger partial charge in [0.2, 0.25) is 0 Å². The highest BCUT2D eigenvalue weighted by Crippen LogP contribution is 2.46. The van der Waals surface area contributed by atoms with E-state index in [1.807, 2.05) is 30.3 Å². The zero-order valence-corrected chi connectivity index (χ0v) is 17.7. The van der Waals surface area contributed by atoms with Crippen molar-refractivity contribution in [3.05, 3.63) is 76.4 Å². The van der Waals surface area contributed by atoms with Gasteiger partial charge in [-0.2, -0.15) is 18.3 Å². The van der Waals surface area contributed by atoms with E-state index in [2.05, 4.69) is 15.7 Å². The van der Waals surface area contributed by atoms with Crippen LogP contribution in [0.3, 0.4) is 0 Å². The fourth-order valence-electron chi connectivity index (χ4n) is 3.65. The Labute approximate surface area is 187 Å². The van der Waals surface area contributed by atoms with Crippen molar-refractivity contribution >= 4 is 23.3 Å². The van der Waals surface area contributed by atoms with E-state index in [0.29, 0.717) is 11.3 Å². The molecule has 2 aromatic carbocycles. The molecule has 6 nitrogen and oxygen atoms in total. The smallest absolute Gasteiger partial charge is 0.410 e. The summed E-state index contributed by atoms with van der Waals surface area (Å²) in [6.07, 6.45) is -4.87. The average Bonchev–Trinajstić information content (AvgIpc) is 3.13. The van der Waals surface area contributed by atoms with Crippen molar-refractivity contribution in [1.29, 1.82) is 0 Å². The van der Waals surface area contributed by atoms with Crippen LogP contribution in [0.2, 0.25) is 5.02 Å². The van der Waals surface area contributed by atoms with E-state index in [9.17, 15) is 18.0 Å². The third kappa shape index (κ3) is 4.38. The number of alkyl halides is 3. The molecule has 3 aromatic rings. The summed E-state index contributed by atoms with van der Waals surface area (Å²) in [5, 5.41) is 9.46. The Morgan fingerprint density at radius 1 is 1.22 bits per heavy atom. The van der Waals surface area contributed by atoms with E-state index in [1.165, 1.54) is 7.11 Å². The number of nitrogens with zero attached hydrogens (tertiary/aromatic N) is 2. The lowest BCUT2D eigenvalue weighted by molar-refractivity contribution is -0.173. The molecule has 0 unspecified atom stereocenters. The van der Waals surface area contributed by atoms with E-state index in [4.69, 9.17) is 16.3 Å². The Bertz CT molecular complexity index is 1100. The molecule has 1 aliphatic heterocycles. The monoisotopic (exact) mass is 464 g/mol. The minimum atomic E-state index is -4.57. The number of halogens is 4. The number of hydrogen-bond acceptors (Lipinski definition) is 4. The van der Waals surface area contributed by atoms with Gasteiger partial charge in [-0.1, -0.05) is 54.1 Å². The summed E-state index contributed by atoms with van der Waals surface area (Å²) in [4.78, 5) is 12.6. The normalized spacial score (nSPS) is 17.9. The molecule has 168 valence electrons. The largest absolute Gasteiger partial charge is 0.497 e. The number of fused-ring (bicyclic) bond motifs is 1. The third-order valence-corrected chi connectivity index (χ3v) is 5.68. The molecule has 2 atom stereocenters.